The first kappa shape index (κ1) is 12.9. The Kier molecular flexibility index (Phi) is 3.76. The highest BCUT2D eigenvalue weighted by atomic mass is 35.5. The van der Waals surface area contributed by atoms with Gasteiger partial charge in [-0.05, 0) is 33.0 Å². The molecule has 1 aromatic rings. The van der Waals surface area contributed by atoms with Crippen molar-refractivity contribution < 1.29 is 5.11 Å². The number of aliphatic hydroxyl groups excluding tert-OH is 1. The molecule has 0 radical (unpaired) electrons. The predicted octanol–water partition coefficient (Wildman–Crippen LogP) is 3.25. The molecule has 1 saturated carbocycles. The number of aliphatic hydroxyl groups is 1. The molecule has 2 rings (SSSR count). The van der Waals surface area contributed by atoms with E-state index in [2.05, 4.69) is 4.90 Å². The van der Waals surface area contributed by atoms with E-state index in [-0.39, 0.29) is 5.54 Å². The van der Waals surface area contributed by atoms with Crippen LogP contribution in [0, 0.1) is 0 Å². The van der Waals surface area contributed by atoms with Gasteiger partial charge in [0, 0.05) is 10.6 Å². The van der Waals surface area contributed by atoms with Crippen LogP contribution >= 0.6 is 11.6 Å². The SMILES string of the molecule is CN(C)C1(C(O)c2ccccc2Cl)CCCC1. The second kappa shape index (κ2) is 4.97. The Bertz CT molecular complexity index is 386. The van der Waals surface area contributed by atoms with E-state index in [4.69, 9.17) is 11.6 Å². The van der Waals surface area contributed by atoms with Crippen molar-refractivity contribution in [1.29, 1.82) is 0 Å². The molecule has 1 fully saturated rings. The zero-order valence-corrected chi connectivity index (χ0v) is 11.2. The number of benzene rings is 1. The molecule has 3 heteroatoms. The van der Waals surface area contributed by atoms with Crippen LogP contribution in [0.4, 0.5) is 0 Å². The predicted molar refractivity (Wildman–Crippen MR) is 71.3 cm³/mol. The van der Waals surface area contributed by atoms with Gasteiger partial charge in [0.1, 0.15) is 0 Å². The van der Waals surface area contributed by atoms with Crippen molar-refractivity contribution in [3.05, 3.63) is 34.9 Å². The van der Waals surface area contributed by atoms with Crippen LogP contribution in [0.3, 0.4) is 0 Å². The number of hydrogen-bond acceptors (Lipinski definition) is 2. The Labute approximate surface area is 108 Å². The van der Waals surface area contributed by atoms with Crippen LogP contribution < -0.4 is 0 Å². The summed E-state index contributed by atoms with van der Waals surface area (Å²) >= 11 is 6.19. The van der Waals surface area contributed by atoms with Crippen LogP contribution in [0.25, 0.3) is 0 Å². The van der Waals surface area contributed by atoms with Crippen LogP contribution in [-0.4, -0.2) is 29.6 Å². The van der Waals surface area contributed by atoms with Crippen molar-refractivity contribution >= 4 is 11.6 Å². The van der Waals surface area contributed by atoms with Crippen LogP contribution in [-0.2, 0) is 0 Å². The van der Waals surface area contributed by atoms with Gasteiger partial charge >= 0.3 is 0 Å². The van der Waals surface area contributed by atoms with Gasteiger partial charge in [-0.3, -0.25) is 0 Å². The molecule has 0 saturated heterocycles. The van der Waals surface area contributed by atoms with E-state index in [9.17, 15) is 5.11 Å². The maximum atomic E-state index is 10.7. The highest BCUT2D eigenvalue weighted by Gasteiger charge is 2.43. The molecule has 1 unspecified atom stereocenters. The van der Waals surface area contributed by atoms with E-state index in [1.165, 1.54) is 12.8 Å². The largest absolute Gasteiger partial charge is 0.386 e. The second-order valence-electron chi connectivity index (χ2n) is 5.13. The molecule has 1 atom stereocenters. The summed E-state index contributed by atoms with van der Waals surface area (Å²) < 4.78 is 0. The Balaban J connectivity index is 2.35. The summed E-state index contributed by atoms with van der Waals surface area (Å²) in [5.41, 5.74) is 0.704. The first-order chi connectivity index (χ1) is 8.08. The van der Waals surface area contributed by atoms with Crippen molar-refractivity contribution in [3.8, 4) is 0 Å². The van der Waals surface area contributed by atoms with Gasteiger partial charge in [-0.15, -0.1) is 0 Å². The standard InChI is InChI=1S/C14H20ClNO/c1-16(2)14(9-5-6-10-14)13(17)11-7-3-4-8-12(11)15/h3-4,7-8,13,17H,5-6,9-10H2,1-2H3. The topological polar surface area (TPSA) is 23.5 Å². The van der Waals surface area contributed by atoms with Gasteiger partial charge in [0.2, 0.25) is 0 Å². The van der Waals surface area contributed by atoms with Gasteiger partial charge in [-0.2, -0.15) is 0 Å². The summed E-state index contributed by atoms with van der Waals surface area (Å²) in [5.74, 6) is 0. The average molecular weight is 254 g/mol. The lowest BCUT2D eigenvalue weighted by Gasteiger charge is -2.41. The van der Waals surface area contributed by atoms with Crippen molar-refractivity contribution in [3.63, 3.8) is 0 Å². The zero-order valence-electron chi connectivity index (χ0n) is 10.5. The van der Waals surface area contributed by atoms with E-state index in [1.54, 1.807) is 0 Å². The Morgan fingerprint density at radius 2 is 1.82 bits per heavy atom. The molecule has 0 heterocycles. The lowest BCUT2D eigenvalue weighted by Crippen LogP contribution is -2.47. The summed E-state index contributed by atoms with van der Waals surface area (Å²) in [6.45, 7) is 0. The average Bonchev–Trinajstić information content (AvgIpc) is 2.79. The van der Waals surface area contributed by atoms with Crippen LogP contribution in [0.1, 0.15) is 37.4 Å². The molecule has 2 nitrogen and oxygen atoms in total. The van der Waals surface area contributed by atoms with E-state index in [0.29, 0.717) is 5.02 Å². The minimum absolute atomic E-state index is 0.148. The number of nitrogens with zero attached hydrogens (tertiary/aromatic N) is 1. The van der Waals surface area contributed by atoms with Crippen molar-refractivity contribution in [1.82, 2.24) is 4.90 Å². The fourth-order valence-electron chi connectivity index (χ4n) is 2.94. The van der Waals surface area contributed by atoms with Gasteiger partial charge in [-0.1, -0.05) is 42.6 Å². The fourth-order valence-corrected chi connectivity index (χ4v) is 3.18. The molecule has 17 heavy (non-hydrogen) atoms. The van der Waals surface area contributed by atoms with Crippen LogP contribution in [0.2, 0.25) is 5.02 Å². The normalized spacial score (nSPS) is 20.8. The molecular weight excluding hydrogens is 234 g/mol. The Morgan fingerprint density at radius 1 is 1.24 bits per heavy atom. The van der Waals surface area contributed by atoms with Crippen molar-refractivity contribution in [2.24, 2.45) is 0 Å². The Morgan fingerprint density at radius 3 is 2.35 bits per heavy atom. The lowest BCUT2D eigenvalue weighted by atomic mass is 9.85. The highest BCUT2D eigenvalue weighted by molar-refractivity contribution is 6.31. The molecule has 0 aromatic heterocycles. The molecule has 1 aromatic carbocycles. The number of likely N-dealkylation sites (N-methyl/N-ethyl adjacent to an activating group) is 1. The summed E-state index contributed by atoms with van der Waals surface area (Å²) in [6.07, 6.45) is 3.92. The number of hydrogen-bond donors (Lipinski definition) is 1. The maximum absolute atomic E-state index is 10.7. The minimum atomic E-state index is -0.506. The monoisotopic (exact) mass is 253 g/mol. The van der Waals surface area contributed by atoms with E-state index >= 15 is 0 Å². The van der Waals surface area contributed by atoms with E-state index < -0.39 is 6.10 Å². The van der Waals surface area contributed by atoms with Gasteiger partial charge in [-0.25, -0.2) is 0 Å². The van der Waals surface area contributed by atoms with E-state index in [1.807, 2.05) is 38.4 Å². The Hall–Kier alpha value is -0.570. The summed E-state index contributed by atoms with van der Waals surface area (Å²) in [4.78, 5) is 2.16. The first-order valence-corrected chi connectivity index (χ1v) is 6.55. The third-order valence-corrected chi connectivity index (χ3v) is 4.41. The molecule has 0 aliphatic heterocycles. The molecular formula is C14H20ClNO. The molecule has 1 N–H and O–H groups in total. The lowest BCUT2D eigenvalue weighted by molar-refractivity contribution is -0.00468. The molecule has 1 aliphatic carbocycles. The fraction of sp³-hybridized carbons (Fsp3) is 0.571. The molecule has 94 valence electrons. The van der Waals surface area contributed by atoms with Crippen molar-refractivity contribution in [2.45, 2.75) is 37.3 Å². The molecule has 0 amide bonds. The van der Waals surface area contributed by atoms with Gasteiger partial charge in [0.05, 0.1) is 11.6 Å². The van der Waals surface area contributed by atoms with E-state index in [0.717, 1.165) is 18.4 Å². The highest BCUT2D eigenvalue weighted by Crippen LogP contribution is 2.44. The molecule has 0 bridgehead atoms. The quantitative estimate of drug-likeness (QED) is 0.894. The van der Waals surface area contributed by atoms with Gasteiger partial charge in [0.15, 0.2) is 0 Å². The van der Waals surface area contributed by atoms with Gasteiger partial charge in [0.25, 0.3) is 0 Å². The summed E-state index contributed by atoms with van der Waals surface area (Å²) in [7, 11) is 4.09. The summed E-state index contributed by atoms with van der Waals surface area (Å²) in [5, 5.41) is 11.4. The first-order valence-electron chi connectivity index (χ1n) is 6.18. The minimum Gasteiger partial charge on any atom is -0.386 e. The smallest absolute Gasteiger partial charge is 0.0987 e. The van der Waals surface area contributed by atoms with Crippen LogP contribution in [0.5, 0.6) is 0 Å². The third-order valence-electron chi connectivity index (χ3n) is 4.07. The van der Waals surface area contributed by atoms with Gasteiger partial charge < -0.3 is 10.0 Å². The second-order valence-corrected chi connectivity index (χ2v) is 5.54. The number of halogens is 1. The zero-order chi connectivity index (χ0) is 12.5. The molecule has 1 aliphatic rings. The third kappa shape index (κ3) is 2.22. The van der Waals surface area contributed by atoms with Crippen LogP contribution in [0.15, 0.2) is 24.3 Å². The summed E-state index contributed by atoms with van der Waals surface area (Å²) in [6, 6.07) is 7.60. The molecule has 0 spiro atoms. The maximum Gasteiger partial charge on any atom is 0.0987 e. The van der Waals surface area contributed by atoms with Crippen molar-refractivity contribution in [2.75, 3.05) is 14.1 Å². The number of rotatable bonds is 3.